The van der Waals surface area contributed by atoms with E-state index in [4.69, 9.17) is 4.74 Å². The molecule has 0 aliphatic carbocycles. The molecule has 1 rings (SSSR count). The van der Waals surface area contributed by atoms with E-state index in [1.165, 1.54) is 44.1 Å². The van der Waals surface area contributed by atoms with Gasteiger partial charge in [0.25, 0.3) is 0 Å². The van der Waals surface area contributed by atoms with Gasteiger partial charge in [0.1, 0.15) is 5.75 Å². The molecule has 0 aliphatic rings. The second kappa shape index (κ2) is 9.33. The van der Waals surface area contributed by atoms with Gasteiger partial charge in [-0.1, -0.05) is 52.2 Å². The average Bonchev–Trinajstić information content (AvgIpc) is 2.51. The maximum Gasteiger partial charge on any atom is 0.118 e. The fourth-order valence-corrected chi connectivity index (χ4v) is 4.14. The van der Waals surface area contributed by atoms with Crippen LogP contribution < -0.4 is 4.74 Å². The predicted molar refractivity (Wildman–Crippen MR) is 91.7 cm³/mol. The Labute approximate surface area is 129 Å². The van der Waals surface area contributed by atoms with Gasteiger partial charge in [-0.15, -0.1) is 0 Å². The van der Waals surface area contributed by atoms with Crippen molar-refractivity contribution in [3.63, 3.8) is 0 Å². The molecule has 1 unspecified atom stereocenters. The van der Waals surface area contributed by atoms with Crippen molar-refractivity contribution in [2.45, 2.75) is 69.8 Å². The molecule has 0 amide bonds. The van der Waals surface area contributed by atoms with Crippen molar-refractivity contribution in [3.05, 3.63) is 29.8 Å². The molecular formula is C18H30OS. The van der Waals surface area contributed by atoms with Gasteiger partial charge in [0.15, 0.2) is 0 Å². The van der Waals surface area contributed by atoms with Crippen LogP contribution in [-0.4, -0.2) is 11.9 Å². The third-order valence-corrected chi connectivity index (χ3v) is 5.83. The quantitative estimate of drug-likeness (QED) is 0.518. The molecule has 1 atom stereocenters. The minimum Gasteiger partial charge on any atom is -0.497 e. The lowest BCUT2D eigenvalue weighted by atomic mass is 9.93. The molecule has 20 heavy (non-hydrogen) atoms. The molecule has 1 nitrogen and oxygen atoms in total. The highest BCUT2D eigenvalue weighted by Gasteiger charge is 2.26. The summed E-state index contributed by atoms with van der Waals surface area (Å²) in [5.41, 5.74) is 1.40. The SMILES string of the molecule is CCCCC(CC)(CCC)SCc1ccc(OC)cc1. The third kappa shape index (κ3) is 5.40. The summed E-state index contributed by atoms with van der Waals surface area (Å²) in [6.45, 7) is 6.96. The Balaban J connectivity index is 2.63. The molecule has 1 aromatic rings. The molecule has 114 valence electrons. The Hall–Kier alpha value is -0.630. The Morgan fingerprint density at radius 3 is 2.20 bits per heavy atom. The van der Waals surface area contributed by atoms with Gasteiger partial charge in [0.2, 0.25) is 0 Å². The molecule has 1 aromatic carbocycles. The van der Waals surface area contributed by atoms with Crippen LogP contribution >= 0.6 is 11.8 Å². The zero-order valence-electron chi connectivity index (χ0n) is 13.6. The normalized spacial score (nSPS) is 14.0. The maximum absolute atomic E-state index is 5.22. The van der Waals surface area contributed by atoms with E-state index < -0.39 is 0 Å². The molecule has 0 saturated carbocycles. The molecule has 0 spiro atoms. The number of thioether (sulfide) groups is 1. The van der Waals surface area contributed by atoms with E-state index >= 15 is 0 Å². The predicted octanol–water partition coefficient (Wildman–Crippen LogP) is 6.07. The fraction of sp³-hybridized carbons (Fsp3) is 0.667. The van der Waals surface area contributed by atoms with Gasteiger partial charge in [-0.3, -0.25) is 0 Å². The number of hydrogen-bond acceptors (Lipinski definition) is 2. The van der Waals surface area contributed by atoms with E-state index in [0.29, 0.717) is 4.75 Å². The van der Waals surface area contributed by atoms with Crippen molar-refractivity contribution in [1.82, 2.24) is 0 Å². The van der Waals surface area contributed by atoms with Crippen molar-refractivity contribution >= 4 is 11.8 Å². The van der Waals surface area contributed by atoms with E-state index in [0.717, 1.165) is 11.5 Å². The highest BCUT2D eigenvalue weighted by atomic mass is 32.2. The fourth-order valence-electron chi connectivity index (χ4n) is 2.64. The van der Waals surface area contributed by atoms with Crippen molar-refractivity contribution in [2.75, 3.05) is 7.11 Å². The van der Waals surface area contributed by atoms with Crippen LogP contribution in [0.15, 0.2) is 24.3 Å². The summed E-state index contributed by atoms with van der Waals surface area (Å²) in [6.07, 6.45) is 7.91. The minimum atomic E-state index is 0.477. The first-order valence-electron chi connectivity index (χ1n) is 7.96. The number of benzene rings is 1. The van der Waals surface area contributed by atoms with Crippen molar-refractivity contribution in [1.29, 1.82) is 0 Å². The standard InChI is InChI=1S/C18H30OS/c1-5-8-14-18(7-3,13-6-2)20-15-16-9-11-17(19-4)12-10-16/h9-12H,5-8,13-15H2,1-4H3. The second-order valence-corrected chi connectivity index (χ2v) is 6.97. The number of ether oxygens (including phenoxy) is 1. The van der Waals surface area contributed by atoms with Crippen LogP contribution in [0, 0.1) is 0 Å². The van der Waals surface area contributed by atoms with Gasteiger partial charge in [-0.2, -0.15) is 11.8 Å². The molecule has 0 heterocycles. The molecule has 0 radical (unpaired) electrons. The molecule has 0 saturated heterocycles. The number of rotatable bonds is 10. The first kappa shape index (κ1) is 17.4. The van der Waals surface area contributed by atoms with Crippen LogP contribution in [0.3, 0.4) is 0 Å². The van der Waals surface area contributed by atoms with Crippen molar-refractivity contribution in [2.24, 2.45) is 0 Å². The molecule has 0 bridgehead atoms. The van der Waals surface area contributed by atoms with E-state index in [-0.39, 0.29) is 0 Å². The van der Waals surface area contributed by atoms with Gasteiger partial charge < -0.3 is 4.74 Å². The number of unbranched alkanes of at least 4 members (excludes halogenated alkanes) is 1. The van der Waals surface area contributed by atoms with Crippen LogP contribution in [0.1, 0.15) is 64.9 Å². The van der Waals surface area contributed by atoms with Crippen LogP contribution in [0.4, 0.5) is 0 Å². The average molecular weight is 295 g/mol. The highest BCUT2D eigenvalue weighted by Crippen LogP contribution is 2.40. The second-order valence-electron chi connectivity index (χ2n) is 5.53. The lowest BCUT2D eigenvalue weighted by Crippen LogP contribution is -2.23. The molecular weight excluding hydrogens is 264 g/mol. The van der Waals surface area contributed by atoms with Gasteiger partial charge >= 0.3 is 0 Å². The maximum atomic E-state index is 5.22. The minimum absolute atomic E-state index is 0.477. The Kier molecular flexibility index (Phi) is 8.13. The molecule has 0 aliphatic heterocycles. The van der Waals surface area contributed by atoms with E-state index in [2.05, 4.69) is 56.8 Å². The highest BCUT2D eigenvalue weighted by molar-refractivity contribution is 7.99. The smallest absolute Gasteiger partial charge is 0.118 e. The Morgan fingerprint density at radius 2 is 1.70 bits per heavy atom. The third-order valence-electron chi connectivity index (χ3n) is 4.04. The molecule has 0 N–H and O–H groups in total. The first-order chi connectivity index (χ1) is 9.69. The van der Waals surface area contributed by atoms with E-state index in [1.54, 1.807) is 7.11 Å². The Morgan fingerprint density at radius 1 is 1.00 bits per heavy atom. The first-order valence-corrected chi connectivity index (χ1v) is 8.95. The monoisotopic (exact) mass is 294 g/mol. The van der Waals surface area contributed by atoms with Crippen molar-refractivity contribution < 1.29 is 4.74 Å². The van der Waals surface area contributed by atoms with Crippen LogP contribution in [0.2, 0.25) is 0 Å². The zero-order chi connectivity index (χ0) is 14.8. The Bertz CT molecular complexity index is 360. The topological polar surface area (TPSA) is 9.23 Å². The van der Waals surface area contributed by atoms with Crippen LogP contribution in [0.5, 0.6) is 5.75 Å². The summed E-state index contributed by atoms with van der Waals surface area (Å²) in [5, 5.41) is 0. The van der Waals surface area contributed by atoms with Gasteiger partial charge in [0, 0.05) is 10.5 Å². The largest absolute Gasteiger partial charge is 0.497 e. The van der Waals surface area contributed by atoms with Gasteiger partial charge in [-0.05, 0) is 37.0 Å². The molecule has 2 heteroatoms. The van der Waals surface area contributed by atoms with Crippen LogP contribution in [-0.2, 0) is 5.75 Å². The summed E-state index contributed by atoms with van der Waals surface area (Å²) >= 11 is 2.16. The summed E-state index contributed by atoms with van der Waals surface area (Å²) in [7, 11) is 1.72. The molecule has 0 aromatic heterocycles. The summed E-state index contributed by atoms with van der Waals surface area (Å²) in [5.74, 6) is 2.06. The number of methoxy groups -OCH3 is 1. The van der Waals surface area contributed by atoms with E-state index in [9.17, 15) is 0 Å². The van der Waals surface area contributed by atoms with Gasteiger partial charge in [0.05, 0.1) is 7.11 Å². The van der Waals surface area contributed by atoms with E-state index in [1.807, 2.05) is 0 Å². The molecule has 0 fully saturated rings. The zero-order valence-corrected chi connectivity index (χ0v) is 14.4. The lowest BCUT2D eigenvalue weighted by Gasteiger charge is -2.32. The van der Waals surface area contributed by atoms with Gasteiger partial charge in [-0.25, -0.2) is 0 Å². The summed E-state index contributed by atoms with van der Waals surface area (Å²) < 4.78 is 5.70. The number of hydrogen-bond donors (Lipinski definition) is 0. The van der Waals surface area contributed by atoms with Crippen LogP contribution in [0.25, 0.3) is 0 Å². The summed E-state index contributed by atoms with van der Waals surface area (Å²) in [4.78, 5) is 0. The lowest BCUT2D eigenvalue weighted by molar-refractivity contribution is 0.414. The van der Waals surface area contributed by atoms with Crippen molar-refractivity contribution in [3.8, 4) is 5.75 Å². The summed E-state index contributed by atoms with van der Waals surface area (Å²) in [6, 6.07) is 8.51.